The van der Waals surface area contributed by atoms with Crippen LogP contribution in [0.25, 0.3) is 0 Å². The van der Waals surface area contributed by atoms with Gasteiger partial charge in [-0.2, -0.15) is 12.7 Å². The molecular weight excluding hydrogens is 470 g/mol. The molecule has 2 aromatic carbocycles. The minimum Gasteiger partial charge on any atom is -0.340 e. The number of alkyl halides is 1. The molecule has 0 aromatic heterocycles. The molecule has 32 heavy (non-hydrogen) atoms. The Balaban J connectivity index is 1.98. The summed E-state index contributed by atoms with van der Waals surface area (Å²) in [6.45, 7) is 8.04. The Bertz CT molecular complexity index is 1190. The molecule has 0 aliphatic carbocycles. The summed E-state index contributed by atoms with van der Waals surface area (Å²) in [5.41, 5.74) is 1.90. The molecule has 10 heteroatoms. The van der Waals surface area contributed by atoms with Crippen LogP contribution in [-0.4, -0.2) is 57.0 Å². The van der Waals surface area contributed by atoms with E-state index in [0.717, 1.165) is 11.1 Å². The predicted octanol–water partition coefficient (Wildman–Crippen LogP) is 3.62. The smallest absolute Gasteiger partial charge is 0.283 e. The Labute approximate surface area is 195 Å². The minimum absolute atomic E-state index is 0.0649. The molecule has 0 amide bonds. The fourth-order valence-electron chi connectivity index (χ4n) is 3.76. The SMILES string of the molecule is Cc1ccc(S(=O)(=O)N=C(CCl)N2CCN(S(=O)(=O)c3ccc(C)cc3)[C@H]2C(C)C)cc1. The van der Waals surface area contributed by atoms with Crippen molar-refractivity contribution in [2.24, 2.45) is 10.3 Å². The molecular formula is C22H28ClN3O4S2. The summed E-state index contributed by atoms with van der Waals surface area (Å²) in [6, 6.07) is 13.1. The lowest BCUT2D eigenvalue weighted by Gasteiger charge is -2.34. The number of rotatable bonds is 6. The van der Waals surface area contributed by atoms with Gasteiger partial charge >= 0.3 is 0 Å². The predicted molar refractivity (Wildman–Crippen MR) is 127 cm³/mol. The number of benzene rings is 2. The van der Waals surface area contributed by atoms with E-state index in [1.165, 1.54) is 16.4 Å². The Hall–Kier alpha value is -1.94. The van der Waals surface area contributed by atoms with Crippen molar-refractivity contribution in [2.45, 2.75) is 43.7 Å². The van der Waals surface area contributed by atoms with Crippen LogP contribution in [0.5, 0.6) is 0 Å². The summed E-state index contributed by atoms with van der Waals surface area (Å²) in [5, 5.41) is 0. The van der Waals surface area contributed by atoms with Gasteiger partial charge in [-0.1, -0.05) is 49.2 Å². The van der Waals surface area contributed by atoms with Crippen molar-refractivity contribution in [3.63, 3.8) is 0 Å². The molecule has 1 aliphatic rings. The van der Waals surface area contributed by atoms with E-state index in [0.29, 0.717) is 6.54 Å². The molecule has 0 N–H and O–H groups in total. The molecule has 0 saturated carbocycles. The lowest BCUT2D eigenvalue weighted by atomic mass is 10.1. The van der Waals surface area contributed by atoms with Crippen LogP contribution in [0.4, 0.5) is 0 Å². The standard InChI is InChI=1S/C22H28ClN3O4S2/c1-16(2)22-25(13-14-26(22)32(29,30)20-11-7-18(4)8-12-20)21(15-23)24-31(27,28)19-9-5-17(3)6-10-19/h5-12,16,22H,13-15H2,1-4H3/t22-/m0/s1. The van der Waals surface area contributed by atoms with Gasteiger partial charge in [0.15, 0.2) is 0 Å². The fraction of sp³-hybridized carbons (Fsp3) is 0.409. The fourth-order valence-corrected chi connectivity index (χ4v) is 6.79. The van der Waals surface area contributed by atoms with Gasteiger partial charge in [-0.15, -0.1) is 16.0 Å². The average Bonchev–Trinajstić information content (AvgIpc) is 3.19. The molecule has 1 atom stereocenters. The molecule has 1 fully saturated rings. The second-order valence-corrected chi connectivity index (χ2v) is 12.0. The number of amidine groups is 1. The van der Waals surface area contributed by atoms with Gasteiger partial charge in [0.25, 0.3) is 10.0 Å². The molecule has 0 unspecified atom stereocenters. The van der Waals surface area contributed by atoms with Gasteiger partial charge in [0.2, 0.25) is 10.0 Å². The van der Waals surface area contributed by atoms with Crippen LogP contribution in [0.2, 0.25) is 0 Å². The zero-order chi connectivity index (χ0) is 23.7. The van der Waals surface area contributed by atoms with E-state index in [-0.39, 0.29) is 34.0 Å². The van der Waals surface area contributed by atoms with Crippen molar-refractivity contribution in [3.05, 3.63) is 59.7 Å². The van der Waals surface area contributed by atoms with Crippen LogP contribution < -0.4 is 0 Å². The van der Waals surface area contributed by atoms with Crippen molar-refractivity contribution in [3.8, 4) is 0 Å². The Kier molecular flexibility index (Phi) is 7.34. The maximum absolute atomic E-state index is 13.4. The highest BCUT2D eigenvalue weighted by molar-refractivity contribution is 7.90. The van der Waals surface area contributed by atoms with Crippen LogP contribution in [0.3, 0.4) is 0 Å². The molecule has 0 bridgehead atoms. The molecule has 1 saturated heterocycles. The van der Waals surface area contributed by atoms with E-state index in [2.05, 4.69) is 4.40 Å². The maximum Gasteiger partial charge on any atom is 0.283 e. The van der Waals surface area contributed by atoms with E-state index in [4.69, 9.17) is 11.6 Å². The van der Waals surface area contributed by atoms with Crippen molar-refractivity contribution in [1.29, 1.82) is 0 Å². The van der Waals surface area contributed by atoms with Crippen LogP contribution in [0.15, 0.2) is 62.7 Å². The summed E-state index contributed by atoms with van der Waals surface area (Å²) in [4.78, 5) is 1.96. The Morgan fingerprint density at radius 1 is 0.938 bits per heavy atom. The lowest BCUT2D eigenvalue weighted by molar-refractivity contribution is 0.211. The van der Waals surface area contributed by atoms with Crippen LogP contribution in [0, 0.1) is 19.8 Å². The quantitative estimate of drug-likeness (QED) is 0.345. The van der Waals surface area contributed by atoms with Crippen molar-refractivity contribution in [2.75, 3.05) is 19.0 Å². The number of sulfonamides is 2. The van der Waals surface area contributed by atoms with Crippen LogP contribution in [0.1, 0.15) is 25.0 Å². The second kappa shape index (κ2) is 9.51. The molecule has 7 nitrogen and oxygen atoms in total. The largest absolute Gasteiger partial charge is 0.340 e. The molecule has 0 radical (unpaired) electrons. The number of hydrogen-bond donors (Lipinski definition) is 0. The third-order valence-corrected chi connectivity index (χ3v) is 8.84. The van der Waals surface area contributed by atoms with Gasteiger partial charge in [-0.25, -0.2) is 8.42 Å². The van der Waals surface area contributed by atoms with Gasteiger partial charge < -0.3 is 4.90 Å². The first-order valence-corrected chi connectivity index (χ1v) is 13.7. The highest BCUT2D eigenvalue weighted by Crippen LogP contribution is 2.30. The summed E-state index contributed by atoms with van der Waals surface area (Å²) in [6.07, 6.45) is -0.605. The number of nitrogens with zero attached hydrogens (tertiary/aromatic N) is 3. The van der Waals surface area contributed by atoms with Gasteiger partial charge in [0.1, 0.15) is 5.84 Å². The highest BCUT2D eigenvalue weighted by atomic mass is 35.5. The Morgan fingerprint density at radius 2 is 1.44 bits per heavy atom. The van der Waals surface area contributed by atoms with Gasteiger partial charge in [0, 0.05) is 13.1 Å². The third kappa shape index (κ3) is 5.01. The summed E-state index contributed by atoms with van der Waals surface area (Å²) in [7, 11) is -7.77. The molecule has 0 spiro atoms. The number of hydrogen-bond acceptors (Lipinski definition) is 4. The lowest BCUT2D eigenvalue weighted by Crippen LogP contribution is -2.48. The minimum atomic E-state index is -3.99. The van der Waals surface area contributed by atoms with Crippen molar-refractivity contribution < 1.29 is 16.8 Å². The number of aryl methyl sites for hydroxylation is 2. The summed E-state index contributed by atoms with van der Waals surface area (Å²) < 4.78 is 57.9. The van der Waals surface area contributed by atoms with Crippen molar-refractivity contribution >= 4 is 37.5 Å². The number of halogens is 1. The van der Waals surface area contributed by atoms with Gasteiger partial charge in [-0.05, 0) is 44.0 Å². The molecule has 3 rings (SSSR count). The third-order valence-electron chi connectivity index (χ3n) is 5.39. The maximum atomic E-state index is 13.4. The zero-order valence-electron chi connectivity index (χ0n) is 18.6. The van der Waals surface area contributed by atoms with Gasteiger partial charge in [-0.3, -0.25) is 0 Å². The van der Waals surface area contributed by atoms with E-state index >= 15 is 0 Å². The topological polar surface area (TPSA) is 87.1 Å². The average molecular weight is 498 g/mol. The molecule has 2 aromatic rings. The first-order chi connectivity index (χ1) is 15.0. The van der Waals surface area contributed by atoms with Gasteiger partial charge in [0.05, 0.1) is 21.8 Å². The zero-order valence-corrected chi connectivity index (χ0v) is 21.0. The van der Waals surface area contributed by atoms with Crippen molar-refractivity contribution in [1.82, 2.24) is 9.21 Å². The van der Waals surface area contributed by atoms with E-state index in [9.17, 15) is 16.8 Å². The normalized spacial score (nSPS) is 18.5. The molecule has 1 aliphatic heterocycles. The van der Waals surface area contributed by atoms with Crippen LogP contribution >= 0.6 is 11.6 Å². The Morgan fingerprint density at radius 3 is 1.91 bits per heavy atom. The second-order valence-electron chi connectivity index (χ2n) is 8.21. The van der Waals surface area contributed by atoms with Crippen LogP contribution in [-0.2, 0) is 20.0 Å². The highest BCUT2D eigenvalue weighted by Gasteiger charge is 2.43. The van der Waals surface area contributed by atoms with E-state index in [1.54, 1.807) is 41.3 Å². The monoisotopic (exact) mass is 497 g/mol. The van der Waals surface area contributed by atoms with E-state index < -0.39 is 26.2 Å². The first kappa shape index (κ1) is 24.7. The summed E-state index contributed by atoms with van der Waals surface area (Å²) >= 11 is 6.13. The molecule has 1 heterocycles. The van der Waals surface area contributed by atoms with E-state index in [1.807, 2.05) is 27.7 Å². The summed E-state index contributed by atoms with van der Waals surface area (Å²) in [5.74, 6) is -0.159. The molecule has 174 valence electrons. The first-order valence-electron chi connectivity index (χ1n) is 10.3.